The van der Waals surface area contributed by atoms with Crippen LogP contribution >= 0.6 is 0 Å². The van der Waals surface area contributed by atoms with Crippen LogP contribution in [0.4, 0.5) is 22.0 Å². The van der Waals surface area contributed by atoms with Crippen LogP contribution in [0, 0.1) is 17.1 Å². The highest BCUT2D eigenvalue weighted by atomic mass is 32.2. The number of hydrogen-bond acceptors (Lipinski definition) is 6. The van der Waals surface area contributed by atoms with Crippen molar-refractivity contribution in [3.63, 3.8) is 0 Å². The number of alkyl halides is 4. The van der Waals surface area contributed by atoms with Gasteiger partial charge in [-0.3, -0.25) is 0 Å². The summed E-state index contributed by atoms with van der Waals surface area (Å²) in [5.41, 5.74) is -1.33. The Kier molecular flexibility index (Phi) is 4.95. The summed E-state index contributed by atoms with van der Waals surface area (Å²) < 4.78 is 110. The van der Waals surface area contributed by atoms with E-state index in [2.05, 4.69) is 0 Å². The van der Waals surface area contributed by atoms with Crippen LogP contribution in [0.2, 0.25) is 0 Å². The summed E-state index contributed by atoms with van der Waals surface area (Å²) in [4.78, 5) is -1.07. The van der Waals surface area contributed by atoms with E-state index in [1.54, 1.807) is 6.07 Å². The van der Waals surface area contributed by atoms with E-state index in [1.807, 2.05) is 0 Å². The molecule has 0 bridgehead atoms. The summed E-state index contributed by atoms with van der Waals surface area (Å²) in [6, 6.07) is 6.22. The van der Waals surface area contributed by atoms with Gasteiger partial charge < -0.3 is 14.2 Å². The molecule has 0 aromatic heterocycles. The van der Waals surface area contributed by atoms with Crippen molar-refractivity contribution in [1.29, 1.82) is 5.26 Å². The highest BCUT2D eigenvalue weighted by molar-refractivity contribution is 7.91. The van der Waals surface area contributed by atoms with Crippen LogP contribution < -0.4 is 4.74 Å². The fourth-order valence-corrected chi connectivity index (χ4v) is 4.67. The first-order chi connectivity index (χ1) is 14.5. The lowest BCUT2D eigenvalue weighted by Gasteiger charge is -2.30. The van der Waals surface area contributed by atoms with Crippen molar-refractivity contribution in [2.75, 3.05) is 13.2 Å². The third kappa shape index (κ3) is 3.24. The molecule has 1 aliphatic carbocycles. The molecule has 1 fully saturated rings. The van der Waals surface area contributed by atoms with Gasteiger partial charge in [0.05, 0.1) is 29.7 Å². The van der Waals surface area contributed by atoms with Crippen molar-refractivity contribution in [1.82, 2.24) is 0 Å². The normalized spacial score (nSPS) is 18.9. The number of hydrogen-bond donors (Lipinski definition) is 0. The Labute approximate surface area is 172 Å². The van der Waals surface area contributed by atoms with E-state index < -0.39 is 55.6 Å². The molecule has 2 aliphatic rings. The van der Waals surface area contributed by atoms with Gasteiger partial charge in [-0.2, -0.15) is 22.8 Å². The van der Waals surface area contributed by atoms with Gasteiger partial charge in [0.15, 0.2) is 0 Å². The average molecular weight is 461 g/mol. The monoisotopic (exact) mass is 461 g/mol. The van der Waals surface area contributed by atoms with Crippen molar-refractivity contribution in [2.24, 2.45) is 0 Å². The predicted molar refractivity (Wildman–Crippen MR) is 93.1 cm³/mol. The van der Waals surface area contributed by atoms with Gasteiger partial charge in [0.25, 0.3) is 5.79 Å². The molecule has 4 rings (SSSR count). The smallest absolute Gasteiger partial charge is 0.341 e. The number of halogens is 5. The molecule has 0 N–H and O–H groups in total. The van der Waals surface area contributed by atoms with E-state index in [0.717, 1.165) is 24.3 Å². The van der Waals surface area contributed by atoms with Crippen molar-refractivity contribution < 1.29 is 44.6 Å². The van der Waals surface area contributed by atoms with Gasteiger partial charge in [0.2, 0.25) is 9.84 Å². The van der Waals surface area contributed by atoms with E-state index in [1.165, 1.54) is 0 Å². The third-order valence-corrected chi connectivity index (χ3v) is 6.33. The van der Waals surface area contributed by atoms with Crippen LogP contribution in [-0.2, 0) is 31.5 Å². The lowest BCUT2D eigenvalue weighted by atomic mass is 10.1. The van der Waals surface area contributed by atoms with Gasteiger partial charge in [0.1, 0.15) is 17.3 Å². The van der Waals surface area contributed by atoms with Gasteiger partial charge in [-0.05, 0) is 24.3 Å². The molecule has 6 nitrogen and oxygen atoms in total. The predicted octanol–water partition coefficient (Wildman–Crippen LogP) is 3.88. The lowest BCUT2D eigenvalue weighted by Crippen LogP contribution is -2.43. The fourth-order valence-electron chi connectivity index (χ4n) is 3.67. The van der Waals surface area contributed by atoms with Crippen LogP contribution in [0.5, 0.6) is 11.5 Å². The van der Waals surface area contributed by atoms with Crippen LogP contribution in [0.15, 0.2) is 35.2 Å². The Morgan fingerprint density at radius 3 is 2.42 bits per heavy atom. The van der Waals surface area contributed by atoms with E-state index in [9.17, 15) is 30.4 Å². The van der Waals surface area contributed by atoms with E-state index in [0.29, 0.717) is 6.07 Å². The third-order valence-electron chi connectivity index (χ3n) is 4.90. The second-order valence-electron chi connectivity index (χ2n) is 6.81. The maximum absolute atomic E-state index is 15.0. The second kappa shape index (κ2) is 7.15. The fraction of sp³-hybridized carbons (Fsp3) is 0.316. The minimum Gasteiger partial charge on any atom is -0.457 e. The van der Waals surface area contributed by atoms with E-state index >= 15 is 0 Å². The maximum Gasteiger partial charge on any atom is 0.341 e. The number of rotatable bonds is 4. The van der Waals surface area contributed by atoms with Gasteiger partial charge in [-0.1, -0.05) is 0 Å². The Balaban J connectivity index is 1.94. The lowest BCUT2D eigenvalue weighted by molar-refractivity contribution is -0.290. The molecule has 0 amide bonds. The second-order valence-corrected chi connectivity index (χ2v) is 8.69. The summed E-state index contributed by atoms with van der Waals surface area (Å²) in [6.07, 6.45) is -1.13. The Morgan fingerprint density at radius 1 is 1.13 bits per heavy atom. The molecule has 0 unspecified atom stereocenters. The van der Waals surface area contributed by atoms with Crippen molar-refractivity contribution in [3.8, 4) is 17.6 Å². The molecule has 0 radical (unpaired) electrons. The van der Waals surface area contributed by atoms with E-state index in [4.69, 9.17) is 19.5 Å². The largest absolute Gasteiger partial charge is 0.457 e. The Bertz CT molecular complexity index is 1200. The summed E-state index contributed by atoms with van der Waals surface area (Å²) in [5, 5.41) is 8.95. The summed E-state index contributed by atoms with van der Waals surface area (Å²) >= 11 is 0. The molecule has 164 valence electrons. The first-order valence-electron chi connectivity index (χ1n) is 8.74. The maximum atomic E-state index is 15.0. The first-order valence-corrected chi connectivity index (χ1v) is 10.3. The van der Waals surface area contributed by atoms with Gasteiger partial charge in [-0.25, -0.2) is 12.8 Å². The molecule has 1 aliphatic heterocycles. The SMILES string of the molecule is N#Cc1cc(F)cc(Oc2ccc(S(=O)(=O)C(F)F)c3c2CC(F)(F)C32OCCO2)c1. The zero-order valence-corrected chi connectivity index (χ0v) is 16.2. The average Bonchev–Trinajstić information content (AvgIpc) is 3.27. The highest BCUT2D eigenvalue weighted by Gasteiger charge is 2.67. The molecule has 0 saturated carbocycles. The molecular weight excluding hydrogens is 449 g/mol. The molecule has 1 saturated heterocycles. The number of nitrogens with zero attached hydrogens (tertiary/aromatic N) is 1. The zero-order chi connectivity index (χ0) is 22.6. The van der Waals surface area contributed by atoms with Crippen LogP contribution in [-0.4, -0.2) is 33.3 Å². The van der Waals surface area contributed by atoms with Gasteiger partial charge in [-0.15, -0.1) is 0 Å². The molecule has 1 spiro atoms. The molecule has 2 aromatic carbocycles. The highest BCUT2D eigenvalue weighted by Crippen LogP contribution is 2.57. The van der Waals surface area contributed by atoms with E-state index in [-0.39, 0.29) is 30.3 Å². The standard InChI is InChI=1S/C19H12F5NO5S/c20-11-5-10(9-25)6-12(7-11)30-14-1-2-15(31(26,27)17(21)22)16-13(14)8-18(23,24)19(16)28-3-4-29-19/h1-2,5-7,17H,3-4,8H2. The Morgan fingerprint density at radius 2 is 1.81 bits per heavy atom. The molecular formula is C19H12F5NO5S. The number of sulfone groups is 1. The quantitative estimate of drug-likeness (QED) is 0.643. The summed E-state index contributed by atoms with van der Waals surface area (Å²) in [5.74, 6) is -12.0. The molecule has 31 heavy (non-hydrogen) atoms. The van der Waals surface area contributed by atoms with Crippen molar-refractivity contribution >= 4 is 9.84 Å². The Hall–Kier alpha value is -2.75. The van der Waals surface area contributed by atoms with Gasteiger partial charge in [0, 0.05) is 23.6 Å². The van der Waals surface area contributed by atoms with Crippen LogP contribution in [0.25, 0.3) is 0 Å². The van der Waals surface area contributed by atoms with Crippen LogP contribution in [0.3, 0.4) is 0 Å². The topological polar surface area (TPSA) is 85.6 Å². The van der Waals surface area contributed by atoms with Crippen molar-refractivity contribution in [3.05, 3.63) is 52.8 Å². The zero-order valence-electron chi connectivity index (χ0n) is 15.4. The van der Waals surface area contributed by atoms with Crippen molar-refractivity contribution in [2.45, 2.75) is 28.8 Å². The molecule has 0 atom stereocenters. The van der Waals surface area contributed by atoms with Gasteiger partial charge >= 0.3 is 11.7 Å². The van der Waals surface area contributed by atoms with Crippen LogP contribution in [0.1, 0.15) is 16.7 Å². The first kappa shape index (κ1) is 21.5. The minimum absolute atomic E-state index is 0.118. The number of ether oxygens (including phenoxy) is 3. The molecule has 12 heteroatoms. The number of fused-ring (bicyclic) bond motifs is 2. The molecule has 1 heterocycles. The number of benzene rings is 2. The minimum atomic E-state index is -5.31. The number of nitriles is 1. The summed E-state index contributed by atoms with van der Waals surface area (Å²) in [7, 11) is -5.31. The molecule has 2 aromatic rings. The summed E-state index contributed by atoms with van der Waals surface area (Å²) in [6.45, 7) is -0.632.